The smallest absolute Gasteiger partial charge is 0.124 e. The van der Waals surface area contributed by atoms with Crippen LogP contribution in [0, 0.1) is 0 Å². The molecule has 0 saturated carbocycles. The Morgan fingerprint density at radius 2 is 1.76 bits per heavy atom. The van der Waals surface area contributed by atoms with Crippen molar-refractivity contribution in [3.05, 3.63) is 95.7 Å². The highest BCUT2D eigenvalue weighted by Crippen LogP contribution is 2.30. The summed E-state index contributed by atoms with van der Waals surface area (Å²) in [5, 5.41) is 4.78. The summed E-state index contributed by atoms with van der Waals surface area (Å²) < 4.78 is 31.3. The molecule has 0 amide bonds. The zero-order valence-corrected chi connectivity index (χ0v) is 24.9. The molecule has 224 valence electrons. The number of benzene rings is 3. The van der Waals surface area contributed by atoms with Crippen molar-refractivity contribution in [1.82, 2.24) is 9.88 Å². The third-order valence-electron chi connectivity index (χ3n) is 7.94. The van der Waals surface area contributed by atoms with Crippen LogP contribution >= 0.6 is 0 Å². The van der Waals surface area contributed by atoms with Crippen LogP contribution in [0.25, 0.3) is 10.9 Å². The molecule has 1 aliphatic heterocycles. The molecule has 42 heavy (non-hydrogen) atoms. The van der Waals surface area contributed by atoms with E-state index in [4.69, 9.17) is 23.7 Å². The van der Waals surface area contributed by atoms with Gasteiger partial charge < -0.3 is 33.6 Å². The Morgan fingerprint density at radius 3 is 2.62 bits per heavy atom. The number of para-hydroxylation sites is 1. The molecule has 2 heterocycles. The average Bonchev–Trinajstić information content (AvgIpc) is 3.44. The summed E-state index contributed by atoms with van der Waals surface area (Å²) in [6.45, 7) is 5.96. The number of hydrogen-bond donors (Lipinski definition) is 1. The number of aromatic nitrogens is 1. The fourth-order valence-corrected chi connectivity index (χ4v) is 5.65. The van der Waals surface area contributed by atoms with E-state index in [0.717, 1.165) is 62.6 Å². The molecule has 0 bridgehead atoms. The molecule has 1 saturated heterocycles. The lowest BCUT2D eigenvalue weighted by molar-refractivity contribution is 0.0106. The minimum Gasteiger partial charge on any atom is -0.496 e. The number of rotatable bonds is 16. The van der Waals surface area contributed by atoms with Gasteiger partial charge in [0.15, 0.2) is 0 Å². The lowest BCUT2D eigenvalue weighted by Crippen LogP contribution is -2.40. The first-order valence-corrected chi connectivity index (χ1v) is 15.1. The molecule has 0 spiro atoms. The Kier molecular flexibility index (Phi) is 11.3. The summed E-state index contributed by atoms with van der Waals surface area (Å²) in [4.78, 5) is 0. The van der Waals surface area contributed by atoms with E-state index < -0.39 is 0 Å². The number of methoxy groups -OCH3 is 2. The second kappa shape index (κ2) is 15.8. The molecular formula is C35H44N2O5. The van der Waals surface area contributed by atoms with Crippen LogP contribution < -0.4 is 14.8 Å². The van der Waals surface area contributed by atoms with Crippen molar-refractivity contribution in [3.63, 3.8) is 0 Å². The maximum Gasteiger partial charge on any atom is 0.124 e. The Bertz CT molecular complexity index is 1370. The van der Waals surface area contributed by atoms with Crippen molar-refractivity contribution in [2.45, 2.75) is 51.0 Å². The third-order valence-corrected chi connectivity index (χ3v) is 7.94. The van der Waals surface area contributed by atoms with Gasteiger partial charge in [0.1, 0.15) is 11.5 Å². The summed E-state index contributed by atoms with van der Waals surface area (Å²) in [6.07, 6.45) is 5.16. The molecule has 7 nitrogen and oxygen atoms in total. The van der Waals surface area contributed by atoms with E-state index in [1.807, 2.05) is 24.3 Å². The summed E-state index contributed by atoms with van der Waals surface area (Å²) in [5.41, 5.74) is 4.82. The largest absolute Gasteiger partial charge is 0.496 e. The first-order valence-electron chi connectivity index (χ1n) is 15.1. The van der Waals surface area contributed by atoms with E-state index in [0.29, 0.717) is 32.3 Å². The first kappa shape index (κ1) is 30.1. The zero-order valence-electron chi connectivity index (χ0n) is 24.9. The van der Waals surface area contributed by atoms with Gasteiger partial charge in [-0.25, -0.2) is 0 Å². The van der Waals surface area contributed by atoms with Crippen LogP contribution in [-0.2, 0) is 34.0 Å². The van der Waals surface area contributed by atoms with Crippen LogP contribution in [0.2, 0.25) is 0 Å². The Balaban J connectivity index is 1.09. The van der Waals surface area contributed by atoms with Crippen molar-refractivity contribution in [2.75, 3.05) is 47.1 Å². The standard InChI is InChI=1S/C35H44N2O5/c1-38-20-5-18-37-19-16-29-10-9-27(23-33(29)37)25-42-35-24-36-17-15-32(35)28-11-13-31(14-12-28)41-22-6-21-40-26-30-7-3-4-8-34(30)39-2/h3-4,7-14,16,19,23,32,35-36H,5-6,15,17-18,20-22,24-26H2,1-2H3/t32-,35+/m1/s1. The van der Waals surface area contributed by atoms with Gasteiger partial charge in [0.25, 0.3) is 0 Å². The minimum atomic E-state index is 0.120. The van der Waals surface area contributed by atoms with E-state index in [2.05, 4.69) is 64.6 Å². The topological polar surface area (TPSA) is 63.1 Å². The Hall–Kier alpha value is -3.36. The Morgan fingerprint density at radius 1 is 0.881 bits per heavy atom. The molecule has 4 aromatic rings. The fraction of sp³-hybridized carbons (Fsp3) is 0.429. The summed E-state index contributed by atoms with van der Waals surface area (Å²) in [6, 6.07) is 25.3. The molecule has 1 aromatic heterocycles. The van der Waals surface area contributed by atoms with Gasteiger partial charge in [-0.3, -0.25) is 0 Å². The van der Waals surface area contributed by atoms with Crippen molar-refractivity contribution < 1.29 is 23.7 Å². The number of nitrogens with zero attached hydrogens (tertiary/aromatic N) is 1. The number of piperidine rings is 1. The van der Waals surface area contributed by atoms with Crippen LogP contribution in [0.15, 0.2) is 79.0 Å². The number of nitrogens with one attached hydrogen (secondary N) is 1. The highest BCUT2D eigenvalue weighted by atomic mass is 16.5. The average molecular weight is 573 g/mol. The van der Waals surface area contributed by atoms with Crippen LogP contribution in [0.5, 0.6) is 11.5 Å². The minimum absolute atomic E-state index is 0.120. The molecule has 7 heteroatoms. The van der Waals surface area contributed by atoms with Crippen LogP contribution in [0.4, 0.5) is 0 Å². The van der Waals surface area contributed by atoms with E-state index in [9.17, 15) is 0 Å². The lowest BCUT2D eigenvalue weighted by atomic mass is 9.87. The maximum absolute atomic E-state index is 6.53. The molecule has 1 aliphatic rings. The molecule has 2 atom stereocenters. The summed E-state index contributed by atoms with van der Waals surface area (Å²) in [5.74, 6) is 2.10. The van der Waals surface area contributed by atoms with E-state index in [1.54, 1.807) is 14.2 Å². The second-order valence-corrected chi connectivity index (χ2v) is 10.8. The van der Waals surface area contributed by atoms with E-state index in [-0.39, 0.29) is 6.10 Å². The van der Waals surface area contributed by atoms with Crippen molar-refractivity contribution in [1.29, 1.82) is 0 Å². The molecule has 0 radical (unpaired) electrons. The number of fused-ring (bicyclic) bond motifs is 1. The van der Waals surface area contributed by atoms with Crippen LogP contribution in [-0.4, -0.2) is 57.8 Å². The SMILES string of the molecule is COCCCn1ccc2ccc(CO[C@H]3CNCC[C@@H]3c3ccc(OCCCOCc4ccccc4OC)cc3)cc21. The lowest BCUT2D eigenvalue weighted by Gasteiger charge is -2.32. The molecule has 5 rings (SSSR count). The maximum atomic E-state index is 6.53. The van der Waals surface area contributed by atoms with Gasteiger partial charge in [-0.2, -0.15) is 0 Å². The van der Waals surface area contributed by atoms with E-state index >= 15 is 0 Å². The van der Waals surface area contributed by atoms with Gasteiger partial charge in [-0.15, -0.1) is 0 Å². The van der Waals surface area contributed by atoms with Gasteiger partial charge in [0.2, 0.25) is 0 Å². The monoisotopic (exact) mass is 572 g/mol. The summed E-state index contributed by atoms with van der Waals surface area (Å²) in [7, 11) is 3.44. The molecule has 1 fully saturated rings. The van der Waals surface area contributed by atoms with Gasteiger partial charge in [0.05, 0.1) is 39.6 Å². The molecular weight excluding hydrogens is 528 g/mol. The predicted molar refractivity (Wildman–Crippen MR) is 166 cm³/mol. The molecule has 0 aliphatic carbocycles. The van der Waals surface area contributed by atoms with Crippen molar-refractivity contribution in [3.8, 4) is 11.5 Å². The van der Waals surface area contributed by atoms with Gasteiger partial charge in [0, 0.05) is 56.4 Å². The van der Waals surface area contributed by atoms with Crippen molar-refractivity contribution >= 4 is 10.9 Å². The second-order valence-electron chi connectivity index (χ2n) is 10.8. The Labute approximate surface area is 249 Å². The number of hydrogen-bond acceptors (Lipinski definition) is 6. The third kappa shape index (κ3) is 8.13. The fourth-order valence-electron chi connectivity index (χ4n) is 5.65. The zero-order chi connectivity index (χ0) is 29.0. The molecule has 0 unspecified atom stereocenters. The quantitative estimate of drug-likeness (QED) is 0.158. The normalized spacial score (nSPS) is 17.0. The van der Waals surface area contributed by atoms with E-state index in [1.165, 1.54) is 22.0 Å². The molecule has 3 aromatic carbocycles. The summed E-state index contributed by atoms with van der Waals surface area (Å²) >= 11 is 0. The van der Waals surface area contributed by atoms with Gasteiger partial charge in [-0.05, 0) is 66.2 Å². The van der Waals surface area contributed by atoms with Gasteiger partial charge in [-0.1, -0.05) is 42.5 Å². The highest BCUT2D eigenvalue weighted by Gasteiger charge is 2.27. The van der Waals surface area contributed by atoms with Crippen molar-refractivity contribution in [2.24, 2.45) is 0 Å². The predicted octanol–water partition coefficient (Wildman–Crippen LogP) is 6.33. The van der Waals surface area contributed by atoms with Gasteiger partial charge >= 0.3 is 0 Å². The van der Waals surface area contributed by atoms with Crippen LogP contribution in [0.1, 0.15) is 41.9 Å². The number of aryl methyl sites for hydroxylation is 1. The number of ether oxygens (including phenoxy) is 5. The molecule has 1 N–H and O–H groups in total. The van der Waals surface area contributed by atoms with Crippen LogP contribution in [0.3, 0.4) is 0 Å². The highest BCUT2D eigenvalue weighted by molar-refractivity contribution is 5.80. The first-order chi connectivity index (χ1) is 20.7.